The van der Waals surface area contributed by atoms with Crippen LogP contribution >= 0.6 is 11.8 Å². The summed E-state index contributed by atoms with van der Waals surface area (Å²) in [6, 6.07) is 12.1. The lowest BCUT2D eigenvalue weighted by molar-refractivity contribution is -0.118. The largest absolute Gasteiger partial charge is 0.482 e. The highest BCUT2D eigenvalue weighted by atomic mass is 32.2. The average molecular weight is 372 g/mol. The van der Waals surface area contributed by atoms with Crippen molar-refractivity contribution in [1.29, 1.82) is 0 Å². The number of ether oxygens (including phenoxy) is 1. The van der Waals surface area contributed by atoms with E-state index in [0.29, 0.717) is 16.9 Å². The number of thioether (sulfide) groups is 1. The molecule has 0 bridgehead atoms. The summed E-state index contributed by atoms with van der Waals surface area (Å²) in [6.07, 6.45) is 1.93. The smallest absolute Gasteiger partial charge is 0.262 e. The molecule has 2 aromatic carbocycles. The van der Waals surface area contributed by atoms with Gasteiger partial charge in [0.2, 0.25) is 5.91 Å². The molecule has 0 aliphatic rings. The lowest BCUT2D eigenvalue weighted by Crippen LogP contribution is -2.21. The fraction of sp³-hybridized carbons (Fsp3) is 0.211. The topological polar surface area (TPSA) is 84.5 Å². The average Bonchev–Trinajstić information content (AvgIpc) is 2.60. The molecule has 0 radical (unpaired) electrons. The third-order valence-electron chi connectivity index (χ3n) is 3.44. The normalized spacial score (nSPS) is 10.1. The van der Waals surface area contributed by atoms with Gasteiger partial charge >= 0.3 is 0 Å². The van der Waals surface area contributed by atoms with Gasteiger partial charge in [-0.1, -0.05) is 12.1 Å². The van der Waals surface area contributed by atoms with Gasteiger partial charge in [0.15, 0.2) is 12.4 Å². The van der Waals surface area contributed by atoms with Crippen molar-refractivity contribution in [2.45, 2.75) is 18.7 Å². The number of rotatable bonds is 7. The number of hydrogen-bond donors (Lipinski definition) is 2. The van der Waals surface area contributed by atoms with Crippen LogP contribution < -0.4 is 15.4 Å². The number of carbonyl (C=O) groups is 3. The first-order chi connectivity index (χ1) is 12.4. The van der Waals surface area contributed by atoms with Crippen molar-refractivity contribution in [1.82, 2.24) is 0 Å². The van der Waals surface area contributed by atoms with Gasteiger partial charge in [-0.05, 0) is 43.5 Å². The second kappa shape index (κ2) is 9.05. The highest BCUT2D eigenvalue weighted by Crippen LogP contribution is 2.27. The van der Waals surface area contributed by atoms with Gasteiger partial charge in [-0.3, -0.25) is 14.4 Å². The molecule has 0 heterocycles. The lowest BCUT2D eigenvalue weighted by atomic mass is 10.1. The van der Waals surface area contributed by atoms with Crippen LogP contribution in [0.4, 0.5) is 11.4 Å². The van der Waals surface area contributed by atoms with Gasteiger partial charge < -0.3 is 15.4 Å². The molecule has 0 aromatic heterocycles. The van der Waals surface area contributed by atoms with E-state index >= 15 is 0 Å². The molecule has 0 saturated heterocycles. The Morgan fingerprint density at radius 1 is 1.00 bits per heavy atom. The summed E-state index contributed by atoms with van der Waals surface area (Å²) < 4.78 is 5.55. The Hall–Kier alpha value is -2.80. The van der Waals surface area contributed by atoms with Gasteiger partial charge in [0.25, 0.3) is 5.91 Å². The van der Waals surface area contributed by atoms with Crippen molar-refractivity contribution >= 4 is 40.7 Å². The molecule has 0 saturated carbocycles. The van der Waals surface area contributed by atoms with Crippen molar-refractivity contribution in [2.24, 2.45) is 0 Å². The molecule has 26 heavy (non-hydrogen) atoms. The third kappa shape index (κ3) is 5.35. The number of para-hydroxylation sites is 1. The van der Waals surface area contributed by atoms with Crippen LogP contribution in [0.2, 0.25) is 0 Å². The zero-order chi connectivity index (χ0) is 19.1. The Kier molecular flexibility index (Phi) is 6.80. The van der Waals surface area contributed by atoms with E-state index in [-0.39, 0.29) is 30.0 Å². The summed E-state index contributed by atoms with van der Waals surface area (Å²) in [6.45, 7) is 2.55. The minimum atomic E-state index is -0.339. The number of carbonyl (C=O) groups excluding carboxylic acids is 3. The third-order valence-corrected chi connectivity index (χ3v) is 4.23. The number of hydrogen-bond acceptors (Lipinski definition) is 5. The summed E-state index contributed by atoms with van der Waals surface area (Å²) in [5.74, 6) is -0.485. The van der Waals surface area contributed by atoms with E-state index in [1.54, 1.807) is 12.1 Å². The summed E-state index contributed by atoms with van der Waals surface area (Å²) in [5, 5.41) is 5.41. The van der Waals surface area contributed by atoms with Crippen LogP contribution in [0.5, 0.6) is 5.75 Å². The van der Waals surface area contributed by atoms with Gasteiger partial charge in [0.1, 0.15) is 5.75 Å². The maximum Gasteiger partial charge on any atom is 0.262 e. The lowest BCUT2D eigenvalue weighted by Gasteiger charge is -2.14. The molecule has 2 amide bonds. The van der Waals surface area contributed by atoms with E-state index in [9.17, 15) is 14.4 Å². The highest BCUT2D eigenvalue weighted by molar-refractivity contribution is 7.98. The number of Topliss-reactive ketones (excluding diaryl/α,β-unsaturated/α-hetero) is 1. The van der Waals surface area contributed by atoms with Crippen LogP contribution in [0.3, 0.4) is 0 Å². The minimum Gasteiger partial charge on any atom is -0.482 e. The standard InChI is InChI=1S/C19H20N2O4S/c1-12(22)14-8-9-15(20-13(2)23)17(10-14)25-11-19(24)21-16-6-4-5-7-18(16)26-3/h4-10H,11H2,1-3H3,(H,20,23)(H,21,24). The first-order valence-electron chi connectivity index (χ1n) is 7.89. The van der Waals surface area contributed by atoms with Crippen molar-refractivity contribution in [3.63, 3.8) is 0 Å². The van der Waals surface area contributed by atoms with E-state index in [2.05, 4.69) is 10.6 Å². The first-order valence-corrected chi connectivity index (χ1v) is 9.11. The fourth-order valence-corrected chi connectivity index (χ4v) is 2.78. The molecule has 2 aromatic rings. The number of ketones is 1. The summed E-state index contributed by atoms with van der Waals surface area (Å²) in [4.78, 5) is 36.0. The molecule has 0 spiro atoms. The number of benzene rings is 2. The molecule has 0 aliphatic heterocycles. The molecular weight excluding hydrogens is 352 g/mol. The van der Waals surface area contributed by atoms with Crippen molar-refractivity contribution in [3.8, 4) is 5.75 Å². The van der Waals surface area contributed by atoms with Crippen LogP contribution in [0.1, 0.15) is 24.2 Å². The van der Waals surface area contributed by atoms with Crippen LogP contribution in [0, 0.1) is 0 Å². The minimum absolute atomic E-state index is 0.137. The Labute approximate surface area is 156 Å². The van der Waals surface area contributed by atoms with E-state index in [0.717, 1.165) is 4.90 Å². The fourth-order valence-electron chi connectivity index (χ4n) is 2.23. The molecular formula is C19H20N2O4S. The summed E-state index contributed by atoms with van der Waals surface area (Å²) in [7, 11) is 0. The van der Waals surface area contributed by atoms with Crippen molar-refractivity contribution < 1.29 is 19.1 Å². The van der Waals surface area contributed by atoms with E-state index < -0.39 is 0 Å². The Morgan fingerprint density at radius 3 is 2.38 bits per heavy atom. The summed E-state index contributed by atoms with van der Waals surface area (Å²) in [5.41, 5.74) is 1.54. The van der Waals surface area contributed by atoms with E-state index in [4.69, 9.17) is 4.74 Å². The van der Waals surface area contributed by atoms with Gasteiger partial charge in [-0.15, -0.1) is 11.8 Å². The van der Waals surface area contributed by atoms with Crippen molar-refractivity contribution in [3.05, 3.63) is 48.0 Å². The van der Waals surface area contributed by atoms with Gasteiger partial charge in [-0.2, -0.15) is 0 Å². The Balaban J connectivity index is 2.11. The highest BCUT2D eigenvalue weighted by Gasteiger charge is 2.12. The van der Waals surface area contributed by atoms with Crippen LogP contribution in [0.25, 0.3) is 0 Å². The molecule has 0 unspecified atom stereocenters. The second-order valence-electron chi connectivity index (χ2n) is 5.49. The zero-order valence-electron chi connectivity index (χ0n) is 14.8. The van der Waals surface area contributed by atoms with Gasteiger partial charge in [-0.25, -0.2) is 0 Å². The van der Waals surface area contributed by atoms with Crippen LogP contribution in [-0.2, 0) is 9.59 Å². The first kappa shape index (κ1) is 19.5. The number of amides is 2. The van der Waals surface area contributed by atoms with E-state index in [1.165, 1.54) is 31.7 Å². The Morgan fingerprint density at radius 2 is 1.73 bits per heavy atom. The quantitative estimate of drug-likeness (QED) is 0.573. The van der Waals surface area contributed by atoms with E-state index in [1.807, 2.05) is 30.5 Å². The second-order valence-corrected chi connectivity index (χ2v) is 6.33. The van der Waals surface area contributed by atoms with Crippen molar-refractivity contribution in [2.75, 3.05) is 23.5 Å². The van der Waals surface area contributed by atoms with Gasteiger partial charge in [0.05, 0.1) is 11.4 Å². The molecule has 136 valence electrons. The molecule has 2 rings (SSSR count). The zero-order valence-corrected chi connectivity index (χ0v) is 15.6. The molecule has 6 nitrogen and oxygen atoms in total. The molecule has 0 fully saturated rings. The molecule has 0 atom stereocenters. The van der Waals surface area contributed by atoms with Crippen LogP contribution in [0.15, 0.2) is 47.4 Å². The molecule has 0 aliphatic carbocycles. The maximum absolute atomic E-state index is 12.2. The maximum atomic E-state index is 12.2. The molecule has 7 heteroatoms. The number of nitrogens with one attached hydrogen (secondary N) is 2. The Bertz CT molecular complexity index is 836. The SMILES string of the molecule is CSc1ccccc1NC(=O)COc1cc(C(C)=O)ccc1NC(C)=O. The predicted octanol–water partition coefficient (Wildman–Crippen LogP) is 3.59. The summed E-state index contributed by atoms with van der Waals surface area (Å²) >= 11 is 1.53. The van der Waals surface area contributed by atoms with Gasteiger partial charge in [0, 0.05) is 17.4 Å². The number of anilines is 2. The molecule has 2 N–H and O–H groups in total. The van der Waals surface area contributed by atoms with Crippen LogP contribution in [-0.4, -0.2) is 30.5 Å². The predicted molar refractivity (Wildman–Crippen MR) is 103 cm³/mol. The monoisotopic (exact) mass is 372 g/mol.